The van der Waals surface area contributed by atoms with Crippen LogP contribution < -0.4 is 10.2 Å². The molecular formula is C20H23FN2O2. The van der Waals surface area contributed by atoms with Gasteiger partial charge in [-0.3, -0.25) is 4.79 Å². The maximum absolute atomic E-state index is 13.0. The lowest BCUT2D eigenvalue weighted by Crippen LogP contribution is -2.36. The molecular weight excluding hydrogens is 319 g/mol. The number of morpholine rings is 1. The normalized spacial score (nSPS) is 15.7. The number of anilines is 2. The third-order valence-electron chi connectivity index (χ3n) is 4.39. The highest BCUT2D eigenvalue weighted by atomic mass is 19.1. The number of hydrogen-bond acceptors (Lipinski definition) is 3. The lowest BCUT2D eigenvalue weighted by atomic mass is 10.0. The summed E-state index contributed by atoms with van der Waals surface area (Å²) >= 11 is 0. The summed E-state index contributed by atoms with van der Waals surface area (Å²) in [6.07, 6.45) is 0.579. The number of benzene rings is 2. The van der Waals surface area contributed by atoms with Crippen molar-refractivity contribution in [3.05, 3.63) is 59.9 Å². The average Bonchev–Trinajstić information content (AvgIpc) is 2.64. The Balaban J connectivity index is 1.60. The highest BCUT2D eigenvalue weighted by Crippen LogP contribution is 2.21. The highest BCUT2D eigenvalue weighted by molar-refractivity contribution is 5.93. The van der Waals surface area contributed by atoms with Gasteiger partial charge in [-0.25, -0.2) is 4.39 Å². The molecule has 1 unspecified atom stereocenters. The molecule has 1 N–H and O–H groups in total. The minimum absolute atomic E-state index is 0.0385. The Morgan fingerprint density at radius 2 is 1.92 bits per heavy atom. The van der Waals surface area contributed by atoms with Gasteiger partial charge in [-0.05, 0) is 42.3 Å². The van der Waals surface area contributed by atoms with Crippen molar-refractivity contribution >= 4 is 17.3 Å². The van der Waals surface area contributed by atoms with E-state index in [0.717, 1.165) is 43.2 Å². The van der Waals surface area contributed by atoms with E-state index < -0.39 is 0 Å². The molecule has 4 nitrogen and oxygen atoms in total. The number of nitrogens with zero attached hydrogens (tertiary/aromatic N) is 1. The van der Waals surface area contributed by atoms with E-state index in [1.165, 1.54) is 12.1 Å². The summed E-state index contributed by atoms with van der Waals surface area (Å²) in [5.41, 5.74) is 2.83. The molecule has 1 atom stereocenters. The molecule has 0 aromatic heterocycles. The van der Waals surface area contributed by atoms with Gasteiger partial charge in [0.2, 0.25) is 5.91 Å². The lowest BCUT2D eigenvalue weighted by molar-refractivity contribution is -0.119. The maximum atomic E-state index is 13.0. The summed E-state index contributed by atoms with van der Waals surface area (Å²) in [5, 5.41) is 2.98. The Morgan fingerprint density at radius 3 is 2.64 bits per heavy atom. The van der Waals surface area contributed by atoms with Gasteiger partial charge in [0.05, 0.1) is 13.2 Å². The van der Waals surface area contributed by atoms with E-state index >= 15 is 0 Å². The van der Waals surface area contributed by atoms with Crippen molar-refractivity contribution in [1.29, 1.82) is 0 Å². The molecule has 0 aliphatic carbocycles. The molecule has 1 fully saturated rings. The van der Waals surface area contributed by atoms with Crippen molar-refractivity contribution in [1.82, 2.24) is 0 Å². The maximum Gasteiger partial charge on any atom is 0.227 e. The van der Waals surface area contributed by atoms with E-state index in [2.05, 4.69) is 10.2 Å². The number of rotatable bonds is 5. The Morgan fingerprint density at radius 1 is 1.20 bits per heavy atom. The van der Waals surface area contributed by atoms with Crippen LogP contribution in [0.2, 0.25) is 0 Å². The van der Waals surface area contributed by atoms with Crippen LogP contribution in [0.1, 0.15) is 12.5 Å². The SMILES string of the molecule is CC(Cc1ccc(F)cc1)C(=O)Nc1cccc(N2CCOCC2)c1. The minimum atomic E-state index is -0.263. The van der Waals surface area contributed by atoms with Crippen LogP contribution in [-0.4, -0.2) is 32.2 Å². The van der Waals surface area contributed by atoms with Crippen molar-refractivity contribution in [2.45, 2.75) is 13.3 Å². The topological polar surface area (TPSA) is 41.6 Å². The molecule has 1 saturated heterocycles. The first kappa shape index (κ1) is 17.4. The van der Waals surface area contributed by atoms with E-state index in [1.54, 1.807) is 12.1 Å². The number of carbonyl (C=O) groups is 1. The van der Waals surface area contributed by atoms with E-state index in [4.69, 9.17) is 4.74 Å². The first-order valence-corrected chi connectivity index (χ1v) is 8.60. The van der Waals surface area contributed by atoms with Gasteiger partial charge in [-0.15, -0.1) is 0 Å². The van der Waals surface area contributed by atoms with Crippen LogP contribution in [0.15, 0.2) is 48.5 Å². The van der Waals surface area contributed by atoms with E-state index in [9.17, 15) is 9.18 Å². The molecule has 1 heterocycles. The van der Waals surface area contributed by atoms with Crippen molar-refractivity contribution in [3.63, 3.8) is 0 Å². The smallest absolute Gasteiger partial charge is 0.227 e. The van der Waals surface area contributed by atoms with Gasteiger partial charge in [0.25, 0.3) is 0 Å². The van der Waals surface area contributed by atoms with Crippen molar-refractivity contribution in [2.75, 3.05) is 36.5 Å². The molecule has 3 rings (SSSR count). The van der Waals surface area contributed by atoms with Crippen LogP contribution in [0.4, 0.5) is 15.8 Å². The van der Waals surface area contributed by atoms with Crippen LogP contribution in [0.3, 0.4) is 0 Å². The molecule has 25 heavy (non-hydrogen) atoms. The van der Waals surface area contributed by atoms with Gasteiger partial charge in [-0.2, -0.15) is 0 Å². The van der Waals surface area contributed by atoms with Crippen LogP contribution in [-0.2, 0) is 16.0 Å². The van der Waals surface area contributed by atoms with Crippen molar-refractivity contribution in [2.24, 2.45) is 5.92 Å². The average molecular weight is 342 g/mol. The molecule has 5 heteroatoms. The molecule has 132 valence electrons. The van der Waals surface area contributed by atoms with Crippen LogP contribution in [0.5, 0.6) is 0 Å². The van der Waals surface area contributed by atoms with Gasteiger partial charge in [0, 0.05) is 30.4 Å². The molecule has 2 aromatic rings. The number of carbonyl (C=O) groups excluding carboxylic acids is 1. The Hall–Kier alpha value is -2.40. The summed E-state index contributed by atoms with van der Waals surface area (Å²) < 4.78 is 18.3. The summed E-state index contributed by atoms with van der Waals surface area (Å²) in [6.45, 7) is 5.05. The van der Waals surface area contributed by atoms with Crippen LogP contribution in [0, 0.1) is 11.7 Å². The minimum Gasteiger partial charge on any atom is -0.378 e. The van der Waals surface area contributed by atoms with Crippen molar-refractivity contribution in [3.8, 4) is 0 Å². The molecule has 1 aliphatic heterocycles. The predicted octanol–water partition coefficient (Wildman–Crippen LogP) is 3.48. The second kappa shape index (κ2) is 8.12. The zero-order valence-corrected chi connectivity index (χ0v) is 14.4. The monoisotopic (exact) mass is 342 g/mol. The van der Waals surface area contributed by atoms with Crippen LogP contribution >= 0.6 is 0 Å². The second-order valence-corrected chi connectivity index (χ2v) is 6.37. The Kier molecular flexibility index (Phi) is 5.66. The number of amides is 1. The molecule has 0 radical (unpaired) electrons. The molecule has 1 amide bonds. The number of ether oxygens (including phenoxy) is 1. The van der Waals surface area contributed by atoms with Gasteiger partial charge in [-0.1, -0.05) is 25.1 Å². The zero-order chi connectivity index (χ0) is 17.6. The summed E-state index contributed by atoms with van der Waals surface area (Å²) in [4.78, 5) is 14.7. The Bertz CT molecular complexity index is 712. The summed E-state index contributed by atoms with van der Waals surface area (Å²) in [5.74, 6) is -0.498. The van der Waals surface area contributed by atoms with E-state index in [0.29, 0.717) is 6.42 Å². The molecule has 0 bridgehead atoms. The van der Waals surface area contributed by atoms with Gasteiger partial charge >= 0.3 is 0 Å². The summed E-state index contributed by atoms with van der Waals surface area (Å²) in [6, 6.07) is 14.2. The molecule has 2 aromatic carbocycles. The van der Waals surface area contributed by atoms with Gasteiger partial charge in [0.15, 0.2) is 0 Å². The van der Waals surface area contributed by atoms with E-state index in [1.807, 2.05) is 31.2 Å². The van der Waals surface area contributed by atoms with E-state index in [-0.39, 0.29) is 17.6 Å². The largest absolute Gasteiger partial charge is 0.378 e. The first-order valence-electron chi connectivity index (χ1n) is 8.60. The zero-order valence-electron chi connectivity index (χ0n) is 14.4. The fourth-order valence-corrected chi connectivity index (χ4v) is 2.93. The quantitative estimate of drug-likeness (QED) is 0.904. The van der Waals surface area contributed by atoms with Crippen molar-refractivity contribution < 1.29 is 13.9 Å². The fourth-order valence-electron chi connectivity index (χ4n) is 2.93. The standard InChI is InChI=1S/C20H23FN2O2/c1-15(13-16-5-7-17(21)8-6-16)20(24)22-18-3-2-4-19(14-18)23-9-11-25-12-10-23/h2-8,14-15H,9-13H2,1H3,(H,22,24). The van der Waals surface area contributed by atoms with Gasteiger partial charge in [0.1, 0.15) is 5.82 Å². The first-order chi connectivity index (χ1) is 12.1. The van der Waals surface area contributed by atoms with Gasteiger partial charge < -0.3 is 15.0 Å². The van der Waals surface area contributed by atoms with Crippen LogP contribution in [0.25, 0.3) is 0 Å². The number of halogens is 1. The fraction of sp³-hybridized carbons (Fsp3) is 0.350. The lowest BCUT2D eigenvalue weighted by Gasteiger charge is -2.29. The molecule has 1 aliphatic rings. The third-order valence-corrected chi connectivity index (χ3v) is 4.39. The second-order valence-electron chi connectivity index (χ2n) is 6.37. The third kappa shape index (κ3) is 4.79. The highest BCUT2D eigenvalue weighted by Gasteiger charge is 2.15. The Labute approximate surface area is 147 Å². The summed E-state index contributed by atoms with van der Waals surface area (Å²) in [7, 11) is 0. The molecule has 0 saturated carbocycles. The molecule has 0 spiro atoms. The predicted molar refractivity (Wildman–Crippen MR) is 97.4 cm³/mol. The number of nitrogens with one attached hydrogen (secondary N) is 1. The number of hydrogen-bond donors (Lipinski definition) is 1.